The first-order valence-electron chi connectivity index (χ1n) is 9.89. The second-order valence-corrected chi connectivity index (χ2v) is 9.48. The summed E-state index contributed by atoms with van der Waals surface area (Å²) >= 11 is 0. The number of fused-ring (bicyclic) bond motifs is 2. The summed E-state index contributed by atoms with van der Waals surface area (Å²) in [6.07, 6.45) is 3.20. The van der Waals surface area contributed by atoms with E-state index in [2.05, 4.69) is 13.8 Å². The van der Waals surface area contributed by atoms with Crippen LogP contribution >= 0.6 is 0 Å². The van der Waals surface area contributed by atoms with Crippen LogP contribution in [0.25, 0.3) is 0 Å². The standard InChI is InChI=1S/C22H32O5/c1-11-7-17-19(25)13(3)10-22(17,27-14(4)23)20(26)12(2)8-15-16(9-18(11)24)21(15,5)6/h7-8,13,15-19,24-25H,9-10H2,1-6H3/b11-7+,12-8+/t13-,15-,16+,17+,18-,19+,22-/m1/s1. The minimum Gasteiger partial charge on any atom is -0.450 e. The molecule has 0 aliphatic heterocycles. The molecule has 0 bridgehead atoms. The predicted molar refractivity (Wildman–Crippen MR) is 102 cm³/mol. The van der Waals surface area contributed by atoms with Crippen molar-refractivity contribution in [1.29, 1.82) is 0 Å². The molecule has 3 aliphatic rings. The van der Waals surface area contributed by atoms with Crippen LogP contribution in [0.15, 0.2) is 23.3 Å². The highest BCUT2D eigenvalue weighted by atomic mass is 16.6. The Hall–Kier alpha value is -1.46. The van der Waals surface area contributed by atoms with Gasteiger partial charge in [0.15, 0.2) is 5.60 Å². The van der Waals surface area contributed by atoms with Crippen molar-refractivity contribution in [2.24, 2.45) is 29.1 Å². The predicted octanol–water partition coefficient (Wildman–Crippen LogP) is 2.80. The Kier molecular flexibility index (Phi) is 4.92. The van der Waals surface area contributed by atoms with Crippen LogP contribution in [0.1, 0.15) is 54.4 Å². The number of ether oxygens (including phenoxy) is 1. The van der Waals surface area contributed by atoms with Crippen LogP contribution in [0, 0.1) is 29.1 Å². The zero-order valence-corrected chi connectivity index (χ0v) is 17.2. The lowest BCUT2D eigenvalue weighted by Gasteiger charge is -2.33. The minimum absolute atomic E-state index is 0.0263. The molecular weight excluding hydrogens is 344 g/mol. The molecule has 5 heteroatoms. The molecule has 0 aromatic heterocycles. The monoisotopic (exact) mass is 376 g/mol. The fourth-order valence-corrected chi connectivity index (χ4v) is 5.32. The van der Waals surface area contributed by atoms with Gasteiger partial charge in [-0.1, -0.05) is 32.9 Å². The summed E-state index contributed by atoms with van der Waals surface area (Å²) in [5, 5.41) is 21.5. The summed E-state index contributed by atoms with van der Waals surface area (Å²) in [5.74, 6) is -1.12. The normalized spacial score (nSPS) is 47.5. The van der Waals surface area contributed by atoms with Gasteiger partial charge in [0.2, 0.25) is 5.78 Å². The average Bonchev–Trinajstić information content (AvgIpc) is 2.97. The zero-order valence-electron chi connectivity index (χ0n) is 17.2. The van der Waals surface area contributed by atoms with E-state index in [4.69, 9.17) is 4.74 Å². The summed E-state index contributed by atoms with van der Waals surface area (Å²) in [4.78, 5) is 25.4. The molecular formula is C22H32O5. The quantitative estimate of drug-likeness (QED) is 0.543. The first-order valence-corrected chi connectivity index (χ1v) is 9.89. The molecule has 7 atom stereocenters. The molecule has 150 valence electrons. The molecule has 0 spiro atoms. The van der Waals surface area contributed by atoms with Crippen molar-refractivity contribution >= 4 is 11.8 Å². The number of carbonyl (C=O) groups excluding carboxylic acids is 2. The summed E-state index contributed by atoms with van der Waals surface area (Å²) in [6, 6.07) is 0. The van der Waals surface area contributed by atoms with Crippen LogP contribution in [-0.2, 0) is 14.3 Å². The Bertz CT molecular complexity index is 718. The lowest BCUT2D eigenvalue weighted by atomic mass is 9.81. The van der Waals surface area contributed by atoms with Gasteiger partial charge in [0.05, 0.1) is 18.1 Å². The van der Waals surface area contributed by atoms with Gasteiger partial charge in [-0.3, -0.25) is 9.59 Å². The third-order valence-electron chi connectivity index (χ3n) is 7.20. The largest absolute Gasteiger partial charge is 0.450 e. The van der Waals surface area contributed by atoms with Gasteiger partial charge >= 0.3 is 5.97 Å². The number of hydrogen-bond donors (Lipinski definition) is 2. The second-order valence-electron chi connectivity index (χ2n) is 9.48. The maximum absolute atomic E-state index is 13.5. The smallest absolute Gasteiger partial charge is 0.303 e. The van der Waals surface area contributed by atoms with Crippen molar-refractivity contribution in [3.63, 3.8) is 0 Å². The highest BCUT2D eigenvalue weighted by Gasteiger charge is 2.60. The van der Waals surface area contributed by atoms with Crippen LogP contribution in [0.5, 0.6) is 0 Å². The number of aliphatic hydroxyl groups is 2. The molecule has 0 saturated heterocycles. The molecule has 5 nitrogen and oxygen atoms in total. The molecule has 2 fully saturated rings. The van der Waals surface area contributed by atoms with Gasteiger partial charge in [0.1, 0.15) is 0 Å². The maximum atomic E-state index is 13.5. The number of allylic oxidation sites excluding steroid dienone is 1. The van der Waals surface area contributed by atoms with Crippen LogP contribution in [0.4, 0.5) is 0 Å². The average molecular weight is 376 g/mol. The fourth-order valence-electron chi connectivity index (χ4n) is 5.32. The first-order chi connectivity index (χ1) is 12.4. The number of hydrogen-bond acceptors (Lipinski definition) is 5. The van der Waals surface area contributed by atoms with Gasteiger partial charge in [-0.15, -0.1) is 0 Å². The molecule has 0 radical (unpaired) electrons. The van der Waals surface area contributed by atoms with Crippen LogP contribution in [0.2, 0.25) is 0 Å². The number of rotatable bonds is 1. The number of carbonyl (C=O) groups is 2. The molecule has 0 amide bonds. The molecule has 2 N–H and O–H groups in total. The fraction of sp³-hybridized carbons (Fsp3) is 0.727. The Labute approximate surface area is 161 Å². The Balaban J connectivity index is 2.15. The van der Waals surface area contributed by atoms with Crippen molar-refractivity contribution in [2.45, 2.75) is 72.2 Å². The number of esters is 1. The highest BCUT2D eigenvalue weighted by Crippen LogP contribution is 2.62. The van der Waals surface area contributed by atoms with E-state index in [0.717, 1.165) is 5.57 Å². The second kappa shape index (κ2) is 6.56. The van der Waals surface area contributed by atoms with Crippen LogP contribution in [0.3, 0.4) is 0 Å². The van der Waals surface area contributed by atoms with Crippen LogP contribution < -0.4 is 0 Å². The minimum atomic E-state index is -1.41. The Morgan fingerprint density at radius 2 is 1.81 bits per heavy atom. The van der Waals surface area contributed by atoms with E-state index in [-0.39, 0.29) is 29.5 Å². The van der Waals surface area contributed by atoms with Crippen molar-refractivity contribution in [2.75, 3.05) is 0 Å². The van der Waals surface area contributed by atoms with Crippen molar-refractivity contribution in [3.05, 3.63) is 23.3 Å². The summed E-state index contributed by atoms with van der Waals surface area (Å²) < 4.78 is 5.67. The molecule has 3 aliphatic carbocycles. The van der Waals surface area contributed by atoms with Gasteiger partial charge in [0, 0.05) is 13.3 Å². The first kappa shape index (κ1) is 20.3. The Morgan fingerprint density at radius 3 is 2.41 bits per heavy atom. The van der Waals surface area contributed by atoms with Crippen molar-refractivity contribution in [3.8, 4) is 0 Å². The lowest BCUT2D eigenvalue weighted by molar-refractivity contribution is -0.168. The summed E-state index contributed by atoms with van der Waals surface area (Å²) in [5.41, 5.74) is -0.0899. The summed E-state index contributed by atoms with van der Waals surface area (Å²) in [6.45, 7) is 11.1. The third kappa shape index (κ3) is 3.19. The van der Waals surface area contributed by atoms with E-state index in [1.807, 2.05) is 19.9 Å². The van der Waals surface area contributed by atoms with E-state index in [1.165, 1.54) is 6.92 Å². The van der Waals surface area contributed by atoms with E-state index in [0.29, 0.717) is 17.9 Å². The van der Waals surface area contributed by atoms with E-state index < -0.39 is 29.7 Å². The number of Topliss-reactive ketones (excluding diaryl/α,β-unsaturated/α-hetero) is 1. The number of ketones is 1. The third-order valence-corrected chi connectivity index (χ3v) is 7.20. The topological polar surface area (TPSA) is 83.8 Å². The van der Waals surface area contributed by atoms with Crippen molar-refractivity contribution < 1.29 is 24.5 Å². The molecule has 27 heavy (non-hydrogen) atoms. The van der Waals surface area contributed by atoms with Gasteiger partial charge in [-0.25, -0.2) is 0 Å². The molecule has 0 aromatic rings. The zero-order chi connectivity index (χ0) is 20.3. The SMILES string of the molecule is CC(=O)O[C@]12C[C@@H](C)[C@H](O)[C@@H]1/C=C(\C)[C@H](O)C[C@H]1[C@@H](/C=C(\C)C2=O)C1(C)C. The van der Waals surface area contributed by atoms with E-state index in [9.17, 15) is 19.8 Å². The lowest BCUT2D eigenvalue weighted by Crippen LogP contribution is -2.48. The van der Waals surface area contributed by atoms with Gasteiger partial charge < -0.3 is 14.9 Å². The number of aliphatic hydroxyl groups excluding tert-OH is 2. The highest BCUT2D eigenvalue weighted by molar-refractivity contribution is 6.03. The van der Waals surface area contributed by atoms with Crippen molar-refractivity contribution in [1.82, 2.24) is 0 Å². The molecule has 3 rings (SSSR count). The van der Waals surface area contributed by atoms with Gasteiger partial charge in [-0.2, -0.15) is 0 Å². The molecule has 0 heterocycles. The van der Waals surface area contributed by atoms with E-state index in [1.54, 1.807) is 13.0 Å². The maximum Gasteiger partial charge on any atom is 0.303 e. The summed E-state index contributed by atoms with van der Waals surface area (Å²) in [7, 11) is 0. The molecule has 0 unspecified atom stereocenters. The molecule has 2 saturated carbocycles. The van der Waals surface area contributed by atoms with Gasteiger partial charge in [0.25, 0.3) is 0 Å². The van der Waals surface area contributed by atoms with E-state index >= 15 is 0 Å². The van der Waals surface area contributed by atoms with Crippen LogP contribution in [-0.4, -0.2) is 39.8 Å². The van der Waals surface area contributed by atoms with Gasteiger partial charge in [-0.05, 0) is 54.6 Å². The molecule has 0 aromatic carbocycles. The Morgan fingerprint density at radius 1 is 1.19 bits per heavy atom.